The average molecular weight is 606 g/mol. The van der Waals surface area contributed by atoms with Gasteiger partial charge in [0, 0.05) is 36.6 Å². The Labute approximate surface area is 253 Å². The number of phenols is 1. The smallest absolute Gasteiger partial charge is 0.319 e. The number of aliphatic hydroxyl groups is 1. The van der Waals surface area contributed by atoms with E-state index in [-0.39, 0.29) is 64.2 Å². The average Bonchev–Trinajstić information content (AvgIpc) is 3.35. The van der Waals surface area contributed by atoms with E-state index < -0.39 is 23.4 Å². The fourth-order valence-corrected chi connectivity index (χ4v) is 6.42. The molecule has 6 rings (SSSR count). The number of rotatable bonds is 6. The highest BCUT2D eigenvalue weighted by Crippen LogP contribution is 2.40. The van der Waals surface area contributed by atoms with Gasteiger partial charge >= 0.3 is 6.01 Å². The second kappa shape index (κ2) is 11.7. The lowest BCUT2D eigenvalue weighted by Crippen LogP contribution is -2.46. The fourth-order valence-electron chi connectivity index (χ4n) is 6.42. The summed E-state index contributed by atoms with van der Waals surface area (Å²) in [5.41, 5.74) is -1.20. The van der Waals surface area contributed by atoms with Gasteiger partial charge in [0.15, 0.2) is 5.82 Å². The second-order valence-corrected chi connectivity index (χ2v) is 11.8. The van der Waals surface area contributed by atoms with Crippen molar-refractivity contribution in [3.63, 3.8) is 0 Å². The molecule has 0 aliphatic carbocycles. The van der Waals surface area contributed by atoms with Gasteiger partial charge in [-0.1, -0.05) is 25.0 Å². The van der Waals surface area contributed by atoms with E-state index in [9.17, 15) is 14.6 Å². The van der Waals surface area contributed by atoms with E-state index in [0.29, 0.717) is 50.1 Å². The van der Waals surface area contributed by atoms with Gasteiger partial charge < -0.3 is 19.8 Å². The molecule has 4 aromatic rings. The van der Waals surface area contributed by atoms with Crippen molar-refractivity contribution < 1.29 is 28.1 Å². The first-order valence-electron chi connectivity index (χ1n) is 14.8. The molecule has 0 amide bonds. The third kappa shape index (κ3) is 5.60. The first-order chi connectivity index (χ1) is 21.1. The highest BCUT2D eigenvalue weighted by atomic mass is 19.1. The fraction of sp³-hybridized carbons (Fsp3) is 0.424. The van der Waals surface area contributed by atoms with E-state index in [1.807, 2.05) is 16.7 Å². The summed E-state index contributed by atoms with van der Waals surface area (Å²) in [6.07, 6.45) is 0.588. The Balaban J connectivity index is 1.57. The molecule has 230 valence electrons. The number of likely N-dealkylation sites (tertiary alicyclic amines) is 1. The van der Waals surface area contributed by atoms with Gasteiger partial charge in [0.2, 0.25) is 0 Å². The van der Waals surface area contributed by atoms with Crippen molar-refractivity contribution in [1.29, 1.82) is 0 Å². The summed E-state index contributed by atoms with van der Waals surface area (Å²) in [6.45, 7) is 7.11. The van der Waals surface area contributed by atoms with E-state index in [1.54, 1.807) is 19.9 Å². The van der Waals surface area contributed by atoms with Crippen LogP contribution in [0.15, 0.2) is 30.3 Å². The zero-order valence-corrected chi connectivity index (χ0v) is 24.9. The zero-order valence-electron chi connectivity index (χ0n) is 24.9. The van der Waals surface area contributed by atoms with Crippen LogP contribution in [-0.4, -0.2) is 80.7 Å². The number of piperidine rings is 1. The molecule has 2 fully saturated rings. The summed E-state index contributed by atoms with van der Waals surface area (Å²) in [4.78, 5) is 17.5. The first-order valence-corrected chi connectivity index (χ1v) is 14.8. The number of phenolic OH excluding ortho intramolecular Hbond substituents is 1. The summed E-state index contributed by atoms with van der Waals surface area (Å²) in [5, 5.41) is 22.1. The molecule has 0 unspecified atom stereocenters. The van der Waals surface area contributed by atoms with E-state index in [2.05, 4.69) is 26.8 Å². The molecule has 4 heterocycles. The zero-order chi connectivity index (χ0) is 31.2. The SMILES string of the molecule is CC#Cc1nc(-c2cc(O)cc3cccc(F)c23)c(F)c2nc(OC[C@@H]3C[C@@H](F)CN3CC)nc(N3CCC[C@@](C)(O)C3)c12. The highest BCUT2D eigenvalue weighted by molar-refractivity contribution is 6.01. The molecule has 2 aliphatic rings. The number of hydrogen-bond acceptors (Lipinski definition) is 8. The number of likely N-dealkylation sites (N-methyl/N-ethyl adjacent to an activating group) is 1. The van der Waals surface area contributed by atoms with Crippen LogP contribution in [0.3, 0.4) is 0 Å². The third-order valence-corrected chi connectivity index (χ3v) is 8.42. The maximum Gasteiger partial charge on any atom is 0.319 e. The number of β-amino-alcohol motifs (C(OH)–C–C–N with tert-alkyl or cyclic N) is 1. The van der Waals surface area contributed by atoms with Crippen LogP contribution in [-0.2, 0) is 0 Å². The van der Waals surface area contributed by atoms with Gasteiger partial charge in [0.25, 0.3) is 0 Å². The van der Waals surface area contributed by atoms with Gasteiger partial charge in [-0.2, -0.15) is 9.97 Å². The molecule has 8 nitrogen and oxygen atoms in total. The molecule has 0 radical (unpaired) electrons. The monoisotopic (exact) mass is 605 g/mol. The Bertz CT molecular complexity index is 1810. The van der Waals surface area contributed by atoms with Gasteiger partial charge in [-0.3, -0.25) is 4.90 Å². The van der Waals surface area contributed by atoms with Crippen LogP contribution < -0.4 is 9.64 Å². The van der Waals surface area contributed by atoms with Gasteiger partial charge in [-0.15, -0.1) is 0 Å². The maximum absolute atomic E-state index is 16.8. The van der Waals surface area contributed by atoms with Crippen LogP contribution in [0.2, 0.25) is 0 Å². The molecular formula is C33H34F3N5O3. The molecule has 0 saturated carbocycles. The van der Waals surface area contributed by atoms with E-state index in [0.717, 1.165) is 0 Å². The molecule has 0 bridgehead atoms. The molecule has 2 saturated heterocycles. The predicted octanol–water partition coefficient (Wildman–Crippen LogP) is 5.36. The predicted molar refractivity (Wildman–Crippen MR) is 163 cm³/mol. The van der Waals surface area contributed by atoms with Gasteiger partial charge in [0.05, 0.1) is 11.0 Å². The molecule has 2 aliphatic heterocycles. The summed E-state index contributed by atoms with van der Waals surface area (Å²) in [7, 11) is 0. The van der Waals surface area contributed by atoms with Crippen molar-refractivity contribution in [2.24, 2.45) is 0 Å². The number of aromatic nitrogens is 3. The number of halogens is 3. The minimum Gasteiger partial charge on any atom is -0.508 e. The van der Waals surface area contributed by atoms with Crippen molar-refractivity contribution in [2.75, 3.05) is 37.7 Å². The van der Waals surface area contributed by atoms with E-state index in [1.165, 1.54) is 24.3 Å². The maximum atomic E-state index is 16.8. The summed E-state index contributed by atoms with van der Waals surface area (Å²) >= 11 is 0. The van der Waals surface area contributed by atoms with Gasteiger partial charge in [-0.05, 0) is 69.2 Å². The second-order valence-electron chi connectivity index (χ2n) is 11.8. The number of hydrogen-bond donors (Lipinski definition) is 2. The summed E-state index contributed by atoms with van der Waals surface area (Å²) in [5.74, 6) is 4.40. The normalized spacial score (nSPS) is 22.4. The first kappa shape index (κ1) is 29.9. The quantitative estimate of drug-likeness (QED) is 0.284. The van der Waals surface area contributed by atoms with Gasteiger partial charge in [0.1, 0.15) is 47.1 Å². The van der Waals surface area contributed by atoms with Crippen LogP contribution in [0.4, 0.5) is 19.0 Å². The number of anilines is 1. The largest absolute Gasteiger partial charge is 0.508 e. The van der Waals surface area contributed by atoms with Crippen molar-refractivity contribution in [1.82, 2.24) is 19.9 Å². The minimum absolute atomic E-state index is 0.0405. The van der Waals surface area contributed by atoms with Crippen molar-refractivity contribution in [2.45, 2.75) is 57.8 Å². The highest BCUT2D eigenvalue weighted by Gasteiger charge is 2.34. The number of nitrogens with zero attached hydrogens (tertiary/aromatic N) is 5. The number of fused-ring (bicyclic) bond motifs is 2. The molecule has 3 atom stereocenters. The Hall–Kier alpha value is -4.14. The van der Waals surface area contributed by atoms with Gasteiger partial charge in [-0.25, -0.2) is 18.2 Å². The number of pyridine rings is 1. The van der Waals surface area contributed by atoms with Crippen LogP contribution in [0, 0.1) is 23.5 Å². The lowest BCUT2D eigenvalue weighted by molar-refractivity contribution is 0.0447. The Kier molecular flexibility index (Phi) is 7.99. The molecule has 2 aromatic heterocycles. The topological polar surface area (TPSA) is 94.8 Å². The summed E-state index contributed by atoms with van der Waals surface area (Å²) in [6, 6.07) is 6.72. The van der Waals surface area contributed by atoms with Crippen molar-refractivity contribution >= 4 is 27.5 Å². The lowest BCUT2D eigenvalue weighted by Gasteiger charge is -2.38. The summed E-state index contributed by atoms with van der Waals surface area (Å²) < 4.78 is 52.2. The van der Waals surface area contributed by atoms with Crippen molar-refractivity contribution in [3.8, 4) is 34.9 Å². The Morgan fingerprint density at radius 2 is 1.98 bits per heavy atom. The lowest BCUT2D eigenvalue weighted by atomic mass is 9.94. The third-order valence-electron chi connectivity index (χ3n) is 8.42. The molecule has 2 N–H and O–H groups in total. The molecule has 2 aromatic carbocycles. The van der Waals surface area contributed by atoms with E-state index in [4.69, 9.17) is 4.74 Å². The van der Waals surface area contributed by atoms with Crippen LogP contribution in [0.5, 0.6) is 11.8 Å². The molecule has 0 spiro atoms. The minimum atomic E-state index is -1.02. The molecule has 11 heteroatoms. The number of benzene rings is 2. The standard InChI is InChI=1S/C33H34F3N5O3/c1-4-8-25-27-30(28(36)29(37-25)23-15-22(42)13-19-9-6-10-24(35)26(19)23)38-32(44-17-21-14-20(34)16-40(21)5-2)39-31(27)41-12-7-11-33(3,43)18-41/h6,9-10,13,15,20-21,42-43H,5,7,11-12,14,16-18H2,1-3H3/t20-,21+,33-/m1/s1. The molecule has 44 heavy (non-hydrogen) atoms. The van der Waals surface area contributed by atoms with Crippen LogP contribution in [0.1, 0.15) is 45.7 Å². The Morgan fingerprint density at radius 1 is 1.16 bits per heavy atom. The van der Waals surface area contributed by atoms with E-state index >= 15 is 8.78 Å². The number of alkyl halides is 1. The number of ether oxygens (including phenoxy) is 1. The number of aromatic hydroxyl groups is 1. The Morgan fingerprint density at radius 3 is 2.73 bits per heavy atom. The van der Waals surface area contributed by atoms with Crippen LogP contribution >= 0.6 is 0 Å². The van der Waals surface area contributed by atoms with Crippen molar-refractivity contribution in [3.05, 3.63) is 47.7 Å². The van der Waals surface area contributed by atoms with Crippen LogP contribution in [0.25, 0.3) is 32.9 Å². The molecular weight excluding hydrogens is 571 g/mol.